The van der Waals surface area contributed by atoms with E-state index >= 15 is 0 Å². The van der Waals surface area contributed by atoms with Gasteiger partial charge in [0.1, 0.15) is 12.4 Å². The van der Waals surface area contributed by atoms with E-state index in [0.29, 0.717) is 18.1 Å². The molecule has 0 aromatic heterocycles. The summed E-state index contributed by atoms with van der Waals surface area (Å²) >= 11 is 0. The molecule has 126 valence electrons. The maximum Gasteiger partial charge on any atom is 0.251 e. The first-order valence-electron chi connectivity index (χ1n) is 8.29. The van der Waals surface area contributed by atoms with Gasteiger partial charge in [0.2, 0.25) is 0 Å². The fourth-order valence-corrected chi connectivity index (χ4v) is 2.53. The highest BCUT2D eigenvalue weighted by molar-refractivity contribution is 5.94. The molecule has 1 amide bonds. The molecule has 0 fully saturated rings. The number of amides is 1. The minimum absolute atomic E-state index is 0.00962. The van der Waals surface area contributed by atoms with Gasteiger partial charge in [-0.25, -0.2) is 0 Å². The van der Waals surface area contributed by atoms with E-state index in [4.69, 9.17) is 4.74 Å². The Morgan fingerprint density at radius 2 is 1.79 bits per heavy atom. The van der Waals surface area contributed by atoms with Crippen molar-refractivity contribution in [2.24, 2.45) is 5.92 Å². The molecule has 0 heterocycles. The molecule has 1 atom stereocenters. The van der Waals surface area contributed by atoms with E-state index in [1.807, 2.05) is 18.2 Å². The lowest BCUT2D eigenvalue weighted by Gasteiger charge is -2.21. The summed E-state index contributed by atoms with van der Waals surface area (Å²) in [4.78, 5) is 12.6. The van der Waals surface area contributed by atoms with Crippen molar-refractivity contribution in [2.45, 2.75) is 26.3 Å². The Balaban J connectivity index is 2.08. The van der Waals surface area contributed by atoms with Crippen LogP contribution < -0.4 is 10.1 Å². The van der Waals surface area contributed by atoms with Crippen LogP contribution in [0.15, 0.2) is 67.3 Å². The lowest BCUT2D eigenvalue weighted by molar-refractivity contribution is 0.0932. The van der Waals surface area contributed by atoms with Gasteiger partial charge in [-0.1, -0.05) is 56.8 Å². The Labute approximate surface area is 144 Å². The van der Waals surface area contributed by atoms with Crippen LogP contribution >= 0.6 is 0 Å². The molecule has 0 saturated carbocycles. The van der Waals surface area contributed by atoms with Gasteiger partial charge in [0.25, 0.3) is 5.91 Å². The molecule has 0 radical (unpaired) electrons. The first-order valence-corrected chi connectivity index (χ1v) is 8.29. The summed E-state index contributed by atoms with van der Waals surface area (Å²) in [6, 6.07) is 17.3. The summed E-state index contributed by atoms with van der Waals surface area (Å²) < 4.78 is 5.44. The SMILES string of the molecule is C=CCOc1ccc(C(=O)NC(CC(C)C)c2ccccc2)cc1. The number of hydrogen-bond acceptors (Lipinski definition) is 2. The highest BCUT2D eigenvalue weighted by Gasteiger charge is 2.17. The maximum absolute atomic E-state index is 12.6. The molecule has 0 spiro atoms. The Kier molecular flexibility index (Phi) is 6.62. The van der Waals surface area contributed by atoms with Gasteiger partial charge in [-0.2, -0.15) is 0 Å². The van der Waals surface area contributed by atoms with Crippen molar-refractivity contribution >= 4 is 5.91 Å². The Bertz CT molecular complexity index is 647. The van der Waals surface area contributed by atoms with Crippen LogP contribution in [0.5, 0.6) is 5.75 Å². The molecular weight excluding hydrogens is 298 g/mol. The lowest BCUT2D eigenvalue weighted by Crippen LogP contribution is -2.29. The van der Waals surface area contributed by atoms with Crippen LogP contribution in [0.1, 0.15) is 42.2 Å². The summed E-state index contributed by atoms with van der Waals surface area (Å²) in [5.74, 6) is 1.15. The van der Waals surface area contributed by atoms with E-state index in [1.54, 1.807) is 30.3 Å². The van der Waals surface area contributed by atoms with Gasteiger partial charge < -0.3 is 10.1 Å². The second-order valence-electron chi connectivity index (χ2n) is 6.19. The third kappa shape index (κ3) is 5.27. The van der Waals surface area contributed by atoms with Crippen LogP contribution in [0.2, 0.25) is 0 Å². The van der Waals surface area contributed by atoms with Gasteiger partial charge in [0.05, 0.1) is 6.04 Å². The zero-order valence-electron chi connectivity index (χ0n) is 14.4. The second kappa shape index (κ2) is 8.92. The molecule has 1 unspecified atom stereocenters. The number of carbonyl (C=O) groups is 1. The van der Waals surface area contributed by atoms with Crippen molar-refractivity contribution in [3.63, 3.8) is 0 Å². The number of ether oxygens (including phenoxy) is 1. The third-order valence-corrected chi connectivity index (χ3v) is 3.70. The Morgan fingerprint density at radius 3 is 2.38 bits per heavy atom. The summed E-state index contributed by atoms with van der Waals surface area (Å²) in [5.41, 5.74) is 1.76. The summed E-state index contributed by atoms with van der Waals surface area (Å²) in [7, 11) is 0. The zero-order chi connectivity index (χ0) is 17.4. The second-order valence-corrected chi connectivity index (χ2v) is 6.19. The largest absolute Gasteiger partial charge is 0.490 e. The number of rotatable bonds is 8. The van der Waals surface area contributed by atoms with Crippen LogP contribution in [0.3, 0.4) is 0 Å². The molecule has 0 bridgehead atoms. The molecule has 0 aliphatic rings. The number of hydrogen-bond donors (Lipinski definition) is 1. The van der Waals surface area contributed by atoms with Crippen molar-refractivity contribution in [1.82, 2.24) is 5.32 Å². The fourth-order valence-electron chi connectivity index (χ4n) is 2.53. The molecule has 2 rings (SSSR count). The van der Waals surface area contributed by atoms with Gasteiger partial charge in [-0.3, -0.25) is 4.79 Å². The van der Waals surface area contributed by atoms with Crippen LogP contribution in [-0.4, -0.2) is 12.5 Å². The average molecular weight is 323 g/mol. The van der Waals surface area contributed by atoms with E-state index in [9.17, 15) is 4.79 Å². The molecule has 0 aliphatic heterocycles. The van der Waals surface area contributed by atoms with Crippen molar-refractivity contribution in [2.75, 3.05) is 6.61 Å². The summed E-state index contributed by atoms with van der Waals surface area (Å²) in [5, 5.41) is 3.15. The van der Waals surface area contributed by atoms with Crippen molar-refractivity contribution in [1.29, 1.82) is 0 Å². The van der Waals surface area contributed by atoms with Crippen LogP contribution in [-0.2, 0) is 0 Å². The zero-order valence-corrected chi connectivity index (χ0v) is 14.4. The van der Waals surface area contributed by atoms with Crippen molar-refractivity contribution in [3.05, 3.63) is 78.4 Å². The smallest absolute Gasteiger partial charge is 0.251 e. The van der Waals surface area contributed by atoms with Crippen LogP contribution in [0.25, 0.3) is 0 Å². The summed E-state index contributed by atoms with van der Waals surface area (Å²) in [6.07, 6.45) is 2.59. The van der Waals surface area contributed by atoms with E-state index in [0.717, 1.165) is 17.7 Å². The van der Waals surface area contributed by atoms with Gasteiger partial charge in [0, 0.05) is 5.56 Å². The van der Waals surface area contributed by atoms with Crippen molar-refractivity contribution < 1.29 is 9.53 Å². The van der Waals surface area contributed by atoms with E-state index in [2.05, 4.69) is 37.9 Å². The van der Waals surface area contributed by atoms with E-state index < -0.39 is 0 Å². The van der Waals surface area contributed by atoms with Gasteiger partial charge in [0.15, 0.2) is 0 Å². The molecule has 2 aromatic carbocycles. The lowest BCUT2D eigenvalue weighted by atomic mass is 9.96. The normalized spacial score (nSPS) is 11.8. The monoisotopic (exact) mass is 323 g/mol. The molecular formula is C21H25NO2. The fraction of sp³-hybridized carbons (Fsp3) is 0.286. The van der Waals surface area contributed by atoms with E-state index in [-0.39, 0.29) is 11.9 Å². The van der Waals surface area contributed by atoms with Gasteiger partial charge in [-0.15, -0.1) is 0 Å². The quantitative estimate of drug-likeness (QED) is 0.711. The minimum atomic E-state index is -0.0697. The van der Waals surface area contributed by atoms with E-state index in [1.165, 1.54) is 0 Å². The standard InChI is InChI=1S/C21H25NO2/c1-4-14-24-19-12-10-18(11-13-19)21(23)22-20(15-16(2)3)17-8-6-5-7-9-17/h4-13,16,20H,1,14-15H2,2-3H3,(H,22,23). The average Bonchev–Trinajstić information content (AvgIpc) is 2.60. The molecule has 1 N–H and O–H groups in total. The highest BCUT2D eigenvalue weighted by Crippen LogP contribution is 2.22. The van der Waals surface area contributed by atoms with Gasteiger partial charge in [-0.05, 0) is 42.2 Å². The van der Waals surface area contributed by atoms with Crippen molar-refractivity contribution in [3.8, 4) is 5.75 Å². The summed E-state index contributed by atoms with van der Waals surface area (Å²) in [6.45, 7) is 8.39. The molecule has 0 aliphatic carbocycles. The predicted molar refractivity (Wildman–Crippen MR) is 98.2 cm³/mol. The molecule has 3 heteroatoms. The molecule has 2 aromatic rings. The van der Waals surface area contributed by atoms with Crippen LogP contribution in [0.4, 0.5) is 0 Å². The Hall–Kier alpha value is -2.55. The molecule has 3 nitrogen and oxygen atoms in total. The third-order valence-electron chi connectivity index (χ3n) is 3.70. The Morgan fingerprint density at radius 1 is 1.12 bits per heavy atom. The predicted octanol–water partition coefficient (Wildman–Crippen LogP) is 4.77. The van der Waals surface area contributed by atoms with Crippen LogP contribution in [0, 0.1) is 5.92 Å². The first-order chi connectivity index (χ1) is 11.6. The topological polar surface area (TPSA) is 38.3 Å². The highest BCUT2D eigenvalue weighted by atomic mass is 16.5. The molecule has 0 saturated heterocycles. The maximum atomic E-state index is 12.6. The minimum Gasteiger partial charge on any atom is -0.490 e. The number of benzene rings is 2. The number of carbonyl (C=O) groups excluding carboxylic acids is 1. The van der Waals surface area contributed by atoms with Gasteiger partial charge >= 0.3 is 0 Å². The first kappa shape index (κ1) is 17.8. The molecule has 24 heavy (non-hydrogen) atoms. The number of nitrogens with one attached hydrogen (secondary N) is 1.